The molecule has 0 radical (unpaired) electrons. The smallest absolute Gasteiger partial charge is 0.350 e. The minimum Gasteiger partial charge on any atom is -0.442 e. The average Bonchev–Trinajstić information content (AvgIpc) is 3.28. The second-order valence-corrected chi connectivity index (χ2v) is 7.76. The van der Waals surface area contributed by atoms with Gasteiger partial charge in [0.25, 0.3) is 5.91 Å². The van der Waals surface area contributed by atoms with Crippen molar-refractivity contribution in [3.63, 3.8) is 0 Å². The minimum absolute atomic E-state index is 0.0651. The first-order valence-corrected chi connectivity index (χ1v) is 10.0. The van der Waals surface area contributed by atoms with E-state index >= 15 is 0 Å². The summed E-state index contributed by atoms with van der Waals surface area (Å²) in [6.45, 7) is 1.79. The van der Waals surface area contributed by atoms with E-state index in [0.29, 0.717) is 16.3 Å². The lowest BCUT2D eigenvalue weighted by Gasteiger charge is -2.07. The largest absolute Gasteiger partial charge is 0.442 e. The van der Waals surface area contributed by atoms with Crippen molar-refractivity contribution in [2.45, 2.75) is 13.5 Å². The van der Waals surface area contributed by atoms with Gasteiger partial charge in [-0.2, -0.15) is 9.78 Å². The lowest BCUT2D eigenvalue weighted by molar-refractivity contribution is 0.1000. The summed E-state index contributed by atoms with van der Waals surface area (Å²) >= 11 is 7.03. The molecule has 158 valence electrons. The summed E-state index contributed by atoms with van der Waals surface area (Å²) in [6.07, 6.45) is 4.44. The number of hydrogen-bond acceptors (Lipinski definition) is 7. The normalized spacial score (nSPS) is 10.9. The number of carbonyl (C=O) groups excluding carboxylic acids is 1. The summed E-state index contributed by atoms with van der Waals surface area (Å²) in [5.41, 5.74) is 6.00. The van der Waals surface area contributed by atoms with Crippen molar-refractivity contribution in [2.75, 3.05) is 0 Å². The number of nitrogens with zero attached hydrogens (tertiary/aromatic N) is 5. The molecule has 0 atom stereocenters. The molecule has 12 heteroatoms. The maximum Gasteiger partial charge on any atom is 0.350 e. The highest BCUT2D eigenvalue weighted by Crippen LogP contribution is 2.33. The van der Waals surface area contributed by atoms with Gasteiger partial charge in [-0.15, -0.1) is 0 Å². The highest BCUT2D eigenvalue weighted by molar-refractivity contribution is 7.15. The molecule has 4 aromatic rings. The van der Waals surface area contributed by atoms with Gasteiger partial charge in [0.05, 0.1) is 17.9 Å². The minimum atomic E-state index is -0.720. The molecule has 0 aliphatic carbocycles. The first kappa shape index (κ1) is 20.7. The molecule has 3 heterocycles. The number of hydrogen-bond donors (Lipinski definition) is 1. The zero-order chi connectivity index (χ0) is 22.1. The molecule has 4 rings (SSSR count). The zero-order valence-electron chi connectivity index (χ0n) is 16.0. The Bertz CT molecular complexity index is 1350. The fraction of sp³-hybridized carbons (Fsp3) is 0.105. The van der Waals surface area contributed by atoms with Crippen LogP contribution < -0.4 is 16.2 Å². The fourth-order valence-electron chi connectivity index (χ4n) is 2.72. The first-order valence-electron chi connectivity index (χ1n) is 8.81. The molecule has 1 amide bonds. The van der Waals surface area contributed by atoms with Crippen molar-refractivity contribution in [1.82, 2.24) is 24.3 Å². The van der Waals surface area contributed by atoms with E-state index in [1.54, 1.807) is 25.4 Å². The van der Waals surface area contributed by atoms with E-state index in [1.165, 1.54) is 23.0 Å². The molecule has 1 aromatic carbocycles. The molecule has 0 saturated heterocycles. The summed E-state index contributed by atoms with van der Waals surface area (Å²) in [7, 11) is 0. The molecule has 0 aliphatic heterocycles. The van der Waals surface area contributed by atoms with Gasteiger partial charge < -0.3 is 10.5 Å². The van der Waals surface area contributed by atoms with Crippen LogP contribution in [0.1, 0.15) is 21.1 Å². The molecule has 0 fully saturated rings. The van der Waals surface area contributed by atoms with Crippen LogP contribution in [-0.4, -0.2) is 30.2 Å². The van der Waals surface area contributed by atoms with Gasteiger partial charge in [-0.05, 0) is 25.1 Å². The van der Waals surface area contributed by atoms with E-state index in [0.717, 1.165) is 22.1 Å². The second-order valence-electron chi connectivity index (χ2n) is 6.39. The average molecular weight is 461 g/mol. The van der Waals surface area contributed by atoms with Crippen molar-refractivity contribution in [2.24, 2.45) is 5.73 Å². The molecular weight excluding hydrogens is 447 g/mol. The quantitative estimate of drug-likeness (QED) is 0.472. The van der Waals surface area contributed by atoms with Crippen LogP contribution in [0.2, 0.25) is 5.02 Å². The summed E-state index contributed by atoms with van der Waals surface area (Å²) in [4.78, 5) is 31.9. The third-order valence-corrected chi connectivity index (χ3v) is 5.66. The van der Waals surface area contributed by atoms with Gasteiger partial charge in [0, 0.05) is 29.0 Å². The Morgan fingerprint density at radius 3 is 2.84 bits per heavy atom. The topological polar surface area (TPSA) is 118 Å². The number of amides is 1. The first-order chi connectivity index (χ1) is 14.8. The van der Waals surface area contributed by atoms with E-state index in [4.69, 9.17) is 22.1 Å². The van der Waals surface area contributed by atoms with Crippen molar-refractivity contribution < 1.29 is 13.9 Å². The Balaban J connectivity index is 1.59. The summed E-state index contributed by atoms with van der Waals surface area (Å²) < 4.78 is 22.6. The highest BCUT2D eigenvalue weighted by atomic mass is 35.5. The standard InChI is InChI=1S/C19H14ClFN6O3S/c1-10-18(31-17(25-10)16(22)28)30-15-3-2-12(6-14(15)21)27-19(29)26(9-24-27)8-11-7-23-5-4-13(11)20/h2-7,9H,8H2,1H3,(H2,22,28). The summed E-state index contributed by atoms with van der Waals surface area (Å²) in [5, 5.41) is 4.82. The molecule has 31 heavy (non-hydrogen) atoms. The summed E-state index contributed by atoms with van der Waals surface area (Å²) in [5.74, 6) is -1.51. The van der Waals surface area contributed by atoms with Crippen LogP contribution in [0.5, 0.6) is 10.8 Å². The number of rotatable bonds is 6. The molecule has 2 N–H and O–H groups in total. The number of thiazole rings is 1. The number of aryl methyl sites for hydroxylation is 1. The van der Waals surface area contributed by atoms with Crippen molar-refractivity contribution >= 4 is 28.8 Å². The van der Waals surface area contributed by atoms with Gasteiger partial charge in [-0.1, -0.05) is 22.9 Å². The number of ether oxygens (including phenoxy) is 1. The van der Waals surface area contributed by atoms with Gasteiger partial charge in [-0.3, -0.25) is 14.3 Å². The number of carbonyl (C=O) groups is 1. The molecular formula is C19H14ClFN6O3S. The van der Waals surface area contributed by atoms with Crippen molar-refractivity contribution in [3.05, 3.63) is 80.6 Å². The molecule has 3 aromatic heterocycles. The van der Waals surface area contributed by atoms with Gasteiger partial charge >= 0.3 is 5.69 Å². The number of benzene rings is 1. The highest BCUT2D eigenvalue weighted by Gasteiger charge is 2.17. The summed E-state index contributed by atoms with van der Waals surface area (Å²) in [6, 6.07) is 5.59. The Morgan fingerprint density at radius 1 is 1.35 bits per heavy atom. The van der Waals surface area contributed by atoms with E-state index < -0.39 is 17.4 Å². The van der Waals surface area contributed by atoms with Gasteiger partial charge in [0.15, 0.2) is 16.6 Å². The zero-order valence-corrected chi connectivity index (χ0v) is 17.5. The molecule has 0 saturated carbocycles. The van der Waals surface area contributed by atoms with Crippen LogP contribution in [0.3, 0.4) is 0 Å². The second kappa shape index (κ2) is 8.28. The Morgan fingerprint density at radius 2 is 2.16 bits per heavy atom. The lowest BCUT2D eigenvalue weighted by atomic mass is 10.3. The van der Waals surface area contributed by atoms with E-state index in [2.05, 4.69) is 15.1 Å². The van der Waals surface area contributed by atoms with Crippen molar-refractivity contribution in [3.8, 4) is 16.5 Å². The fourth-order valence-corrected chi connectivity index (χ4v) is 3.67. The maximum atomic E-state index is 14.6. The Hall–Kier alpha value is -3.57. The molecule has 0 unspecified atom stereocenters. The van der Waals surface area contributed by atoms with Gasteiger partial charge in [-0.25, -0.2) is 14.2 Å². The van der Waals surface area contributed by atoms with Crippen LogP contribution in [0.4, 0.5) is 4.39 Å². The van der Waals surface area contributed by atoms with Gasteiger partial charge in [0.1, 0.15) is 6.33 Å². The number of primary amides is 1. The predicted molar refractivity (Wildman–Crippen MR) is 112 cm³/mol. The van der Waals surface area contributed by atoms with Crippen LogP contribution in [0.25, 0.3) is 5.69 Å². The maximum absolute atomic E-state index is 14.6. The monoisotopic (exact) mass is 460 g/mol. The molecule has 0 bridgehead atoms. The number of aromatic nitrogens is 5. The molecule has 9 nitrogen and oxygen atoms in total. The van der Waals surface area contributed by atoms with E-state index in [1.807, 2.05) is 0 Å². The molecule has 0 aliphatic rings. The SMILES string of the molecule is Cc1nc(C(N)=O)sc1Oc1ccc(-n2ncn(Cc3cnccc3Cl)c2=O)cc1F. The Labute approximate surface area is 183 Å². The van der Waals surface area contributed by atoms with Gasteiger partial charge in [0.2, 0.25) is 5.06 Å². The lowest BCUT2D eigenvalue weighted by Crippen LogP contribution is -2.24. The van der Waals surface area contributed by atoms with E-state index in [9.17, 15) is 14.0 Å². The van der Waals surface area contributed by atoms with Crippen molar-refractivity contribution in [1.29, 1.82) is 0 Å². The third kappa shape index (κ3) is 4.18. The van der Waals surface area contributed by atoms with Crippen LogP contribution in [0, 0.1) is 12.7 Å². The Kier molecular flexibility index (Phi) is 5.53. The number of nitrogens with two attached hydrogens (primary N) is 1. The predicted octanol–water partition coefficient (Wildman–Crippen LogP) is 2.93. The van der Waals surface area contributed by atoms with Crippen LogP contribution in [-0.2, 0) is 6.54 Å². The molecule has 0 spiro atoms. The number of halogens is 2. The number of pyridine rings is 1. The van der Waals surface area contributed by atoms with Crippen LogP contribution >= 0.6 is 22.9 Å². The third-order valence-electron chi connectivity index (χ3n) is 4.25. The van der Waals surface area contributed by atoms with E-state index in [-0.39, 0.29) is 28.1 Å². The van der Waals surface area contributed by atoms with Crippen LogP contribution in [0.15, 0.2) is 47.8 Å².